The summed E-state index contributed by atoms with van der Waals surface area (Å²) in [5.74, 6) is 0.845. The molecule has 1 heterocycles. The summed E-state index contributed by atoms with van der Waals surface area (Å²) in [6.07, 6.45) is 0. The number of hydrogen-bond acceptors (Lipinski definition) is 3. The molecule has 0 radical (unpaired) electrons. The van der Waals surface area contributed by atoms with Crippen molar-refractivity contribution in [3.8, 4) is 0 Å². The first kappa shape index (κ1) is 13.0. The van der Waals surface area contributed by atoms with Crippen molar-refractivity contribution in [3.63, 3.8) is 0 Å². The maximum absolute atomic E-state index is 11.7. The standard InChI is InChI=1S/C10H15ClNOS2/c1-12(2,3)6-7-14-10(13)8-4-5-9(11)15-8/h4-5H,6-7H2,1-3H3/q+1. The molecule has 84 valence electrons. The van der Waals surface area contributed by atoms with E-state index in [0.29, 0.717) is 4.34 Å². The second-order valence-electron chi connectivity index (χ2n) is 4.25. The Balaban J connectivity index is 2.37. The highest BCUT2D eigenvalue weighted by Gasteiger charge is 2.12. The number of rotatable bonds is 4. The normalized spacial score (nSPS) is 11.7. The number of quaternary nitrogens is 1. The maximum Gasteiger partial charge on any atom is 0.229 e. The van der Waals surface area contributed by atoms with Gasteiger partial charge in [-0.3, -0.25) is 4.79 Å². The first-order valence-electron chi connectivity index (χ1n) is 4.61. The van der Waals surface area contributed by atoms with Crippen molar-refractivity contribution >= 4 is 39.8 Å². The number of carbonyl (C=O) groups excluding carboxylic acids is 1. The van der Waals surface area contributed by atoms with Crippen LogP contribution in [0.15, 0.2) is 12.1 Å². The van der Waals surface area contributed by atoms with E-state index >= 15 is 0 Å². The minimum Gasteiger partial charge on any atom is -0.330 e. The lowest BCUT2D eigenvalue weighted by molar-refractivity contribution is -0.867. The minimum absolute atomic E-state index is 0.125. The quantitative estimate of drug-likeness (QED) is 0.778. The second kappa shape index (κ2) is 5.34. The third-order valence-electron chi connectivity index (χ3n) is 1.77. The molecule has 0 aliphatic carbocycles. The van der Waals surface area contributed by atoms with Crippen LogP contribution in [0.4, 0.5) is 0 Å². The van der Waals surface area contributed by atoms with Gasteiger partial charge in [-0.1, -0.05) is 23.4 Å². The van der Waals surface area contributed by atoms with Crippen LogP contribution >= 0.6 is 34.7 Å². The summed E-state index contributed by atoms with van der Waals surface area (Å²) < 4.78 is 1.55. The molecule has 0 saturated heterocycles. The highest BCUT2D eigenvalue weighted by molar-refractivity contribution is 8.14. The van der Waals surface area contributed by atoms with Crippen molar-refractivity contribution in [3.05, 3.63) is 21.3 Å². The number of nitrogens with zero attached hydrogens (tertiary/aromatic N) is 1. The Hall–Kier alpha value is -0.0300. The molecule has 1 rings (SSSR count). The third-order valence-corrected chi connectivity index (χ3v) is 4.00. The van der Waals surface area contributed by atoms with Gasteiger partial charge in [0, 0.05) is 0 Å². The molecule has 5 heteroatoms. The van der Waals surface area contributed by atoms with Crippen molar-refractivity contribution in [1.82, 2.24) is 0 Å². The summed E-state index contributed by atoms with van der Waals surface area (Å²) in [6, 6.07) is 3.55. The van der Waals surface area contributed by atoms with Gasteiger partial charge < -0.3 is 4.48 Å². The number of halogens is 1. The molecule has 0 aliphatic rings. The van der Waals surface area contributed by atoms with Crippen LogP contribution in [-0.2, 0) is 0 Å². The van der Waals surface area contributed by atoms with Crippen molar-refractivity contribution in [1.29, 1.82) is 0 Å². The Bertz CT molecular complexity index is 343. The van der Waals surface area contributed by atoms with E-state index in [-0.39, 0.29) is 5.12 Å². The molecule has 1 aromatic heterocycles. The molecule has 0 unspecified atom stereocenters. The van der Waals surface area contributed by atoms with Crippen molar-refractivity contribution in [2.24, 2.45) is 0 Å². The first-order valence-corrected chi connectivity index (χ1v) is 6.79. The van der Waals surface area contributed by atoms with Gasteiger partial charge >= 0.3 is 0 Å². The lowest BCUT2D eigenvalue weighted by Crippen LogP contribution is -2.36. The van der Waals surface area contributed by atoms with Crippen LogP contribution in [0.2, 0.25) is 4.34 Å². The summed E-state index contributed by atoms with van der Waals surface area (Å²) in [5, 5.41) is 0.125. The average Bonchev–Trinajstić information content (AvgIpc) is 2.49. The van der Waals surface area contributed by atoms with Crippen LogP contribution < -0.4 is 0 Å². The summed E-state index contributed by atoms with van der Waals surface area (Å²) >= 11 is 8.48. The fourth-order valence-electron chi connectivity index (χ4n) is 0.907. The van der Waals surface area contributed by atoms with E-state index in [1.54, 1.807) is 12.1 Å². The van der Waals surface area contributed by atoms with Gasteiger partial charge in [0.2, 0.25) is 5.12 Å². The molecule has 0 aliphatic heterocycles. The number of carbonyl (C=O) groups is 1. The van der Waals surface area contributed by atoms with Crippen LogP contribution in [-0.4, -0.2) is 43.0 Å². The molecule has 0 amide bonds. The van der Waals surface area contributed by atoms with E-state index < -0.39 is 0 Å². The molecule has 15 heavy (non-hydrogen) atoms. The SMILES string of the molecule is C[N+](C)(C)CCSC(=O)c1ccc(Cl)s1. The lowest BCUT2D eigenvalue weighted by atomic mass is 10.5. The minimum atomic E-state index is 0.125. The van der Waals surface area contributed by atoms with Crippen molar-refractivity contribution in [2.75, 3.05) is 33.4 Å². The Morgan fingerprint density at radius 3 is 2.60 bits per heavy atom. The second-order valence-corrected chi connectivity index (χ2v) is 7.04. The monoisotopic (exact) mass is 264 g/mol. The van der Waals surface area contributed by atoms with Crippen LogP contribution in [0.3, 0.4) is 0 Å². The predicted molar refractivity (Wildman–Crippen MR) is 69.0 cm³/mol. The molecular formula is C10H15ClNOS2+. The van der Waals surface area contributed by atoms with Gasteiger partial charge in [0.25, 0.3) is 0 Å². The Morgan fingerprint density at radius 2 is 2.13 bits per heavy atom. The smallest absolute Gasteiger partial charge is 0.229 e. The Labute approximate surface area is 104 Å². The van der Waals surface area contributed by atoms with Gasteiger partial charge in [0.05, 0.1) is 42.7 Å². The number of thiophene rings is 1. The van der Waals surface area contributed by atoms with E-state index in [1.807, 2.05) is 0 Å². The summed E-state index contributed by atoms with van der Waals surface area (Å²) in [6.45, 7) is 0.982. The average molecular weight is 265 g/mol. The van der Waals surface area contributed by atoms with Gasteiger partial charge in [-0.05, 0) is 12.1 Å². The zero-order chi connectivity index (χ0) is 11.5. The maximum atomic E-state index is 11.7. The number of hydrogen-bond donors (Lipinski definition) is 0. The van der Waals surface area contributed by atoms with Crippen LogP contribution in [0, 0.1) is 0 Å². The molecule has 0 spiro atoms. The summed E-state index contributed by atoms with van der Waals surface area (Å²) in [7, 11) is 6.35. The van der Waals surface area contributed by atoms with Crippen molar-refractivity contribution < 1.29 is 9.28 Å². The van der Waals surface area contributed by atoms with Gasteiger partial charge in [-0.2, -0.15) is 0 Å². The first-order chi connectivity index (χ1) is 6.88. The topological polar surface area (TPSA) is 17.1 Å². The van der Waals surface area contributed by atoms with E-state index in [1.165, 1.54) is 23.1 Å². The molecule has 0 bridgehead atoms. The zero-order valence-electron chi connectivity index (χ0n) is 9.12. The van der Waals surface area contributed by atoms with Crippen LogP contribution in [0.25, 0.3) is 0 Å². The largest absolute Gasteiger partial charge is 0.330 e. The van der Waals surface area contributed by atoms with Gasteiger partial charge in [0.1, 0.15) is 0 Å². The predicted octanol–water partition coefficient (Wildman–Crippen LogP) is 2.98. The highest BCUT2D eigenvalue weighted by atomic mass is 35.5. The van der Waals surface area contributed by atoms with Crippen molar-refractivity contribution in [2.45, 2.75) is 0 Å². The van der Waals surface area contributed by atoms with E-state index in [0.717, 1.165) is 21.7 Å². The Kier molecular flexibility index (Phi) is 4.64. The van der Waals surface area contributed by atoms with E-state index in [2.05, 4.69) is 21.1 Å². The molecule has 0 aromatic carbocycles. The van der Waals surface area contributed by atoms with Crippen LogP contribution in [0.1, 0.15) is 9.67 Å². The molecule has 0 atom stereocenters. The molecule has 0 saturated carbocycles. The molecule has 1 aromatic rings. The lowest BCUT2D eigenvalue weighted by Gasteiger charge is -2.23. The van der Waals surface area contributed by atoms with E-state index in [4.69, 9.17) is 11.6 Å². The third kappa shape index (κ3) is 5.02. The molecule has 0 N–H and O–H groups in total. The molecular weight excluding hydrogens is 250 g/mol. The molecule has 2 nitrogen and oxygen atoms in total. The summed E-state index contributed by atoms with van der Waals surface area (Å²) in [4.78, 5) is 12.4. The van der Waals surface area contributed by atoms with Gasteiger partial charge in [-0.15, -0.1) is 11.3 Å². The summed E-state index contributed by atoms with van der Waals surface area (Å²) in [5.41, 5.74) is 0. The Morgan fingerprint density at radius 1 is 1.47 bits per heavy atom. The van der Waals surface area contributed by atoms with Crippen LogP contribution in [0.5, 0.6) is 0 Å². The fourth-order valence-corrected chi connectivity index (χ4v) is 3.12. The van der Waals surface area contributed by atoms with E-state index in [9.17, 15) is 4.79 Å². The fraction of sp³-hybridized carbons (Fsp3) is 0.500. The number of thioether (sulfide) groups is 1. The molecule has 0 fully saturated rings. The zero-order valence-corrected chi connectivity index (χ0v) is 11.5. The van der Waals surface area contributed by atoms with Gasteiger partial charge in [-0.25, -0.2) is 0 Å². The highest BCUT2D eigenvalue weighted by Crippen LogP contribution is 2.25. The van der Waals surface area contributed by atoms with Gasteiger partial charge in [0.15, 0.2) is 0 Å².